The van der Waals surface area contributed by atoms with Crippen LogP contribution in [0.25, 0.3) is 0 Å². The minimum Gasteiger partial charge on any atom is -0.497 e. The Balaban J connectivity index is 3.15. The van der Waals surface area contributed by atoms with Crippen molar-refractivity contribution in [1.82, 2.24) is 0 Å². The largest absolute Gasteiger partial charge is 0.497 e. The zero-order chi connectivity index (χ0) is 13.8. The second-order valence-corrected chi connectivity index (χ2v) is 4.78. The van der Waals surface area contributed by atoms with E-state index in [1.165, 1.54) is 0 Å². The molecule has 0 atom stereocenters. The summed E-state index contributed by atoms with van der Waals surface area (Å²) in [6.45, 7) is 5.85. The molecule has 0 bridgehead atoms. The van der Waals surface area contributed by atoms with E-state index in [4.69, 9.17) is 9.84 Å². The lowest BCUT2D eigenvalue weighted by molar-refractivity contribution is -0.132. The van der Waals surface area contributed by atoms with Crippen LogP contribution < -0.4 is 4.74 Å². The maximum Gasteiger partial charge on any atom is 0.331 e. The van der Waals surface area contributed by atoms with Gasteiger partial charge in [-0.15, -0.1) is 0 Å². The van der Waals surface area contributed by atoms with Crippen LogP contribution in [0.2, 0.25) is 0 Å². The van der Waals surface area contributed by atoms with Crippen molar-refractivity contribution in [1.29, 1.82) is 0 Å². The zero-order valence-electron chi connectivity index (χ0n) is 11.4. The predicted molar refractivity (Wildman–Crippen MR) is 72.0 cm³/mol. The molecule has 0 saturated heterocycles. The van der Waals surface area contributed by atoms with Crippen LogP contribution in [0.3, 0.4) is 0 Å². The second-order valence-electron chi connectivity index (χ2n) is 4.78. The molecule has 0 saturated carbocycles. The maximum absolute atomic E-state index is 11.1. The van der Waals surface area contributed by atoms with Crippen molar-refractivity contribution in [3.8, 4) is 5.75 Å². The van der Waals surface area contributed by atoms with Crippen molar-refractivity contribution in [2.45, 2.75) is 32.6 Å². The average molecular weight is 248 g/mol. The summed E-state index contributed by atoms with van der Waals surface area (Å²) >= 11 is 0. The summed E-state index contributed by atoms with van der Waals surface area (Å²) in [6, 6.07) is 7.71. The molecule has 1 N–H and O–H groups in total. The van der Waals surface area contributed by atoms with Gasteiger partial charge in [-0.25, -0.2) is 4.79 Å². The Morgan fingerprint density at radius 1 is 1.44 bits per heavy atom. The number of carbonyl (C=O) groups is 1. The minimum absolute atomic E-state index is 0.335. The molecular formula is C15H20O3. The SMILES string of the molecule is CC/C(=C\C(C)(C)c1cccc(OC)c1)C(=O)O. The van der Waals surface area contributed by atoms with E-state index >= 15 is 0 Å². The lowest BCUT2D eigenvalue weighted by Gasteiger charge is -2.22. The number of benzene rings is 1. The highest BCUT2D eigenvalue weighted by Crippen LogP contribution is 2.29. The number of hydrogen-bond donors (Lipinski definition) is 1. The van der Waals surface area contributed by atoms with E-state index in [1.807, 2.05) is 51.1 Å². The van der Waals surface area contributed by atoms with Gasteiger partial charge < -0.3 is 9.84 Å². The molecule has 0 spiro atoms. The Morgan fingerprint density at radius 3 is 2.61 bits per heavy atom. The van der Waals surface area contributed by atoms with Crippen LogP contribution in [0.4, 0.5) is 0 Å². The number of hydrogen-bond acceptors (Lipinski definition) is 2. The fourth-order valence-electron chi connectivity index (χ4n) is 1.86. The highest BCUT2D eigenvalue weighted by atomic mass is 16.5. The lowest BCUT2D eigenvalue weighted by Crippen LogP contribution is -2.16. The van der Waals surface area contributed by atoms with Gasteiger partial charge in [-0.2, -0.15) is 0 Å². The van der Waals surface area contributed by atoms with Crippen LogP contribution in [-0.4, -0.2) is 18.2 Å². The van der Waals surface area contributed by atoms with Crippen LogP contribution in [0, 0.1) is 0 Å². The predicted octanol–water partition coefficient (Wildman–Crippen LogP) is 3.39. The zero-order valence-corrected chi connectivity index (χ0v) is 11.4. The van der Waals surface area contributed by atoms with E-state index in [1.54, 1.807) is 7.11 Å². The number of methoxy groups -OCH3 is 1. The van der Waals surface area contributed by atoms with Gasteiger partial charge in [0.05, 0.1) is 7.11 Å². The van der Waals surface area contributed by atoms with Crippen LogP contribution in [0.1, 0.15) is 32.8 Å². The number of aliphatic carboxylic acids is 1. The van der Waals surface area contributed by atoms with Crippen molar-refractivity contribution in [2.24, 2.45) is 0 Å². The summed E-state index contributed by atoms with van der Waals surface area (Å²) in [6.07, 6.45) is 2.33. The summed E-state index contributed by atoms with van der Waals surface area (Å²) in [5.74, 6) is -0.0733. The van der Waals surface area contributed by atoms with Crippen molar-refractivity contribution in [2.75, 3.05) is 7.11 Å². The van der Waals surface area contributed by atoms with Crippen molar-refractivity contribution in [3.05, 3.63) is 41.5 Å². The van der Waals surface area contributed by atoms with Crippen LogP contribution in [0.15, 0.2) is 35.9 Å². The van der Waals surface area contributed by atoms with Gasteiger partial charge in [0.15, 0.2) is 0 Å². The van der Waals surface area contributed by atoms with Gasteiger partial charge in [-0.1, -0.05) is 39.0 Å². The summed E-state index contributed by atoms with van der Waals surface area (Å²) in [7, 11) is 1.62. The van der Waals surface area contributed by atoms with Gasteiger partial charge in [0, 0.05) is 11.0 Å². The Labute approximate surface area is 108 Å². The third kappa shape index (κ3) is 3.36. The molecule has 0 heterocycles. The second kappa shape index (κ2) is 5.71. The minimum atomic E-state index is -0.853. The monoisotopic (exact) mass is 248 g/mol. The van der Waals surface area contributed by atoms with E-state index in [2.05, 4.69) is 0 Å². The number of allylic oxidation sites excluding steroid dienone is 1. The van der Waals surface area contributed by atoms with Gasteiger partial charge in [0.1, 0.15) is 5.75 Å². The number of carboxylic acid groups (broad SMARTS) is 1. The first-order valence-electron chi connectivity index (χ1n) is 6.00. The first-order chi connectivity index (χ1) is 8.40. The van der Waals surface area contributed by atoms with E-state index in [0.29, 0.717) is 12.0 Å². The van der Waals surface area contributed by atoms with Gasteiger partial charge in [0.25, 0.3) is 0 Å². The van der Waals surface area contributed by atoms with E-state index in [0.717, 1.165) is 11.3 Å². The average Bonchev–Trinajstić information content (AvgIpc) is 2.35. The molecular weight excluding hydrogens is 228 g/mol. The van der Waals surface area contributed by atoms with E-state index in [-0.39, 0.29) is 5.41 Å². The third-order valence-electron chi connectivity index (χ3n) is 3.00. The van der Waals surface area contributed by atoms with Gasteiger partial charge in [-0.05, 0) is 24.1 Å². The maximum atomic E-state index is 11.1. The highest BCUT2D eigenvalue weighted by Gasteiger charge is 2.20. The fourth-order valence-corrected chi connectivity index (χ4v) is 1.86. The standard InChI is InChI=1S/C15H20O3/c1-5-11(14(16)17)10-15(2,3)12-7-6-8-13(9-12)18-4/h6-10H,5H2,1-4H3,(H,16,17)/b11-10+. The molecule has 98 valence electrons. The first-order valence-corrected chi connectivity index (χ1v) is 6.00. The van der Waals surface area contributed by atoms with E-state index in [9.17, 15) is 4.79 Å². The molecule has 0 aliphatic carbocycles. The lowest BCUT2D eigenvalue weighted by atomic mass is 9.82. The molecule has 1 rings (SSSR count). The van der Waals surface area contributed by atoms with Crippen LogP contribution in [0.5, 0.6) is 5.75 Å². The Hall–Kier alpha value is -1.77. The Morgan fingerprint density at radius 2 is 2.11 bits per heavy atom. The first kappa shape index (κ1) is 14.3. The molecule has 1 aromatic rings. The molecule has 0 unspecified atom stereocenters. The fraction of sp³-hybridized carbons (Fsp3) is 0.400. The molecule has 0 aromatic heterocycles. The van der Waals surface area contributed by atoms with Gasteiger partial charge in [-0.3, -0.25) is 0 Å². The Bertz CT molecular complexity index is 459. The third-order valence-corrected chi connectivity index (χ3v) is 3.00. The molecule has 0 fully saturated rings. The molecule has 3 heteroatoms. The molecule has 1 aromatic carbocycles. The molecule has 0 amide bonds. The molecule has 0 aliphatic rings. The van der Waals surface area contributed by atoms with Crippen molar-refractivity contribution < 1.29 is 14.6 Å². The Kier molecular flexibility index (Phi) is 4.54. The quantitative estimate of drug-likeness (QED) is 0.812. The van der Waals surface area contributed by atoms with Crippen LogP contribution >= 0.6 is 0 Å². The van der Waals surface area contributed by atoms with Crippen molar-refractivity contribution in [3.63, 3.8) is 0 Å². The summed E-state index contributed by atoms with van der Waals surface area (Å²) in [5.41, 5.74) is 1.13. The molecule has 0 aliphatic heterocycles. The van der Waals surface area contributed by atoms with Gasteiger partial charge >= 0.3 is 5.97 Å². The molecule has 3 nitrogen and oxygen atoms in total. The number of ether oxygens (including phenoxy) is 1. The molecule has 0 radical (unpaired) electrons. The van der Waals surface area contributed by atoms with Gasteiger partial charge in [0.2, 0.25) is 0 Å². The summed E-state index contributed by atoms with van der Waals surface area (Å²) in [5, 5.41) is 9.09. The molecule has 18 heavy (non-hydrogen) atoms. The number of rotatable bonds is 5. The van der Waals surface area contributed by atoms with Crippen molar-refractivity contribution >= 4 is 5.97 Å². The van der Waals surface area contributed by atoms with E-state index < -0.39 is 5.97 Å². The highest BCUT2D eigenvalue weighted by molar-refractivity contribution is 5.86. The topological polar surface area (TPSA) is 46.5 Å². The summed E-state index contributed by atoms with van der Waals surface area (Å²) in [4.78, 5) is 11.1. The smallest absolute Gasteiger partial charge is 0.331 e. The normalized spacial score (nSPS) is 12.3. The summed E-state index contributed by atoms with van der Waals surface area (Å²) < 4.78 is 5.19. The van der Waals surface area contributed by atoms with Crippen LogP contribution in [-0.2, 0) is 10.2 Å². The number of carboxylic acids is 1.